The molecule has 0 saturated carbocycles. The van der Waals surface area contributed by atoms with E-state index in [9.17, 15) is 5.11 Å². The van der Waals surface area contributed by atoms with E-state index in [0.717, 1.165) is 28.5 Å². The molecule has 10 heteroatoms. The molecule has 8 nitrogen and oxygen atoms in total. The highest BCUT2D eigenvalue weighted by atomic mass is 35.5. The first-order valence-electron chi connectivity index (χ1n) is 9.49. The highest BCUT2D eigenvalue weighted by Crippen LogP contribution is 2.21. The molecule has 0 spiro atoms. The monoisotopic (exact) mass is 457 g/mol. The molecule has 1 atom stereocenters. The van der Waals surface area contributed by atoms with E-state index < -0.39 is 6.10 Å². The van der Waals surface area contributed by atoms with Crippen LogP contribution in [0.3, 0.4) is 0 Å². The lowest BCUT2D eigenvalue weighted by Crippen LogP contribution is -2.46. The van der Waals surface area contributed by atoms with Crippen LogP contribution in [0.15, 0.2) is 41.4 Å². The van der Waals surface area contributed by atoms with Gasteiger partial charge in [-0.05, 0) is 44.0 Å². The van der Waals surface area contributed by atoms with Gasteiger partial charge in [-0.25, -0.2) is 5.84 Å². The van der Waals surface area contributed by atoms with Crippen molar-refractivity contribution < 1.29 is 14.6 Å². The molecule has 0 aliphatic heterocycles. The van der Waals surface area contributed by atoms with E-state index in [0.29, 0.717) is 19.0 Å². The van der Waals surface area contributed by atoms with Gasteiger partial charge < -0.3 is 25.3 Å². The van der Waals surface area contributed by atoms with E-state index in [1.54, 1.807) is 24.9 Å². The maximum atomic E-state index is 10.3. The lowest BCUT2D eigenvalue weighted by Gasteiger charge is -2.27. The van der Waals surface area contributed by atoms with Crippen LogP contribution in [0.1, 0.15) is 19.4 Å². The van der Waals surface area contributed by atoms with Crippen LogP contribution in [0, 0.1) is 0 Å². The van der Waals surface area contributed by atoms with Gasteiger partial charge in [-0.2, -0.15) is 0 Å². The van der Waals surface area contributed by atoms with Crippen molar-refractivity contribution in [3.63, 3.8) is 0 Å². The number of aromatic nitrogens is 2. The fourth-order valence-electron chi connectivity index (χ4n) is 2.48. The molecule has 1 heterocycles. The molecule has 1 unspecified atom stereocenters. The molecule has 1 aromatic heterocycles. The summed E-state index contributed by atoms with van der Waals surface area (Å²) >= 11 is 1.59. The molecule has 0 radical (unpaired) electrons. The van der Waals surface area contributed by atoms with Crippen LogP contribution in [0.5, 0.6) is 5.75 Å². The van der Waals surface area contributed by atoms with Crippen molar-refractivity contribution in [2.45, 2.75) is 36.9 Å². The van der Waals surface area contributed by atoms with Gasteiger partial charge in [0.2, 0.25) is 0 Å². The first-order valence-corrected chi connectivity index (χ1v) is 10.5. The summed E-state index contributed by atoms with van der Waals surface area (Å²) in [5.74, 6) is 7.37. The maximum Gasteiger partial charge on any atom is 0.162 e. The van der Waals surface area contributed by atoms with Gasteiger partial charge in [0, 0.05) is 24.9 Å². The van der Waals surface area contributed by atoms with Crippen LogP contribution in [0.2, 0.25) is 0 Å². The van der Waals surface area contributed by atoms with Crippen LogP contribution in [0.4, 0.5) is 5.82 Å². The molecule has 30 heavy (non-hydrogen) atoms. The smallest absolute Gasteiger partial charge is 0.162 e. The molecule has 0 fully saturated rings. The zero-order valence-corrected chi connectivity index (χ0v) is 19.3. The summed E-state index contributed by atoms with van der Waals surface area (Å²) in [7, 11) is 1.68. The minimum Gasteiger partial charge on any atom is -0.491 e. The Morgan fingerprint density at radius 2 is 1.97 bits per heavy atom. The zero-order chi connectivity index (χ0) is 21.1. The van der Waals surface area contributed by atoms with Gasteiger partial charge in [0.1, 0.15) is 23.5 Å². The predicted molar refractivity (Wildman–Crippen MR) is 123 cm³/mol. The number of hydrogen-bond donors (Lipinski definition) is 4. The second-order valence-electron chi connectivity index (χ2n) is 7.27. The third kappa shape index (κ3) is 9.46. The summed E-state index contributed by atoms with van der Waals surface area (Å²) in [5.41, 5.74) is 3.33. The predicted octanol–water partition coefficient (Wildman–Crippen LogP) is 2.27. The molecule has 168 valence electrons. The van der Waals surface area contributed by atoms with Crippen molar-refractivity contribution in [3.05, 3.63) is 42.0 Å². The van der Waals surface area contributed by atoms with Gasteiger partial charge in [0.05, 0.1) is 6.61 Å². The van der Waals surface area contributed by atoms with Crippen molar-refractivity contribution in [2.75, 3.05) is 38.0 Å². The number of aliphatic hydroxyl groups excluding tert-OH is 1. The number of rotatable bonds is 13. The highest BCUT2D eigenvalue weighted by Gasteiger charge is 2.20. The number of nitrogen functional groups attached to an aromatic ring is 1. The summed E-state index contributed by atoms with van der Waals surface area (Å²) in [6.45, 7) is 5.44. The Morgan fingerprint density at radius 3 is 2.63 bits per heavy atom. The largest absolute Gasteiger partial charge is 0.491 e. The van der Waals surface area contributed by atoms with Crippen molar-refractivity contribution in [1.29, 1.82) is 0 Å². The number of para-hydroxylation sites is 1. The number of hydrogen-bond acceptors (Lipinski definition) is 9. The van der Waals surface area contributed by atoms with Crippen LogP contribution < -0.4 is 21.3 Å². The number of nitrogens with two attached hydrogens (primary N) is 1. The van der Waals surface area contributed by atoms with Gasteiger partial charge in [-0.15, -0.1) is 34.4 Å². The lowest BCUT2D eigenvalue weighted by atomic mass is 10.1. The number of benzene rings is 1. The number of ether oxygens (including phenoxy) is 2. The minimum atomic E-state index is -0.621. The topological polar surface area (TPSA) is 115 Å². The molecule has 1 aromatic carbocycles. The van der Waals surface area contributed by atoms with E-state index in [2.05, 4.69) is 34.8 Å². The van der Waals surface area contributed by atoms with E-state index >= 15 is 0 Å². The molecule has 5 N–H and O–H groups in total. The number of aliphatic hydroxyl groups is 1. The van der Waals surface area contributed by atoms with Crippen LogP contribution in [0.25, 0.3) is 0 Å². The van der Waals surface area contributed by atoms with Gasteiger partial charge in [0.25, 0.3) is 0 Å². The van der Waals surface area contributed by atoms with Gasteiger partial charge >= 0.3 is 0 Å². The number of hydrazine groups is 1. The van der Waals surface area contributed by atoms with Crippen LogP contribution in [-0.2, 0) is 11.2 Å². The minimum absolute atomic E-state index is 0. The van der Waals surface area contributed by atoms with Crippen molar-refractivity contribution in [2.24, 2.45) is 5.84 Å². The van der Waals surface area contributed by atoms with E-state index in [-0.39, 0.29) is 24.6 Å². The number of anilines is 1. The Kier molecular flexibility index (Phi) is 12.0. The first kappa shape index (κ1) is 26.4. The van der Waals surface area contributed by atoms with Crippen molar-refractivity contribution in [1.82, 2.24) is 15.5 Å². The fourth-order valence-corrected chi connectivity index (χ4v) is 3.36. The standard InChI is InChI=1S/C20H31N5O3S.ClH/c1-20(2,14-29-19-9-8-18(23-21)24-25-19)22-12-16(26)13-28-17-7-5-4-6-15(17)10-11-27-3;/h4-9,16,22,26H,10-14,21H2,1-3H3,(H,23,24);1H. The van der Waals surface area contributed by atoms with Gasteiger partial charge in [-0.3, -0.25) is 0 Å². The van der Waals surface area contributed by atoms with E-state index in [4.69, 9.17) is 15.3 Å². The van der Waals surface area contributed by atoms with Crippen molar-refractivity contribution in [3.8, 4) is 5.75 Å². The number of β-amino-alcohol motifs (C(OH)–C–C–N with tert-alkyl or cyclic N) is 1. The Morgan fingerprint density at radius 1 is 1.20 bits per heavy atom. The third-order valence-electron chi connectivity index (χ3n) is 4.16. The maximum absolute atomic E-state index is 10.3. The summed E-state index contributed by atoms with van der Waals surface area (Å²) in [4.78, 5) is 0. The number of nitrogens with zero attached hydrogens (tertiary/aromatic N) is 2. The Labute approximate surface area is 188 Å². The molecule has 0 saturated heterocycles. The molecular weight excluding hydrogens is 426 g/mol. The first-order chi connectivity index (χ1) is 13.9. The average molecular weight is 458 g/mol. The highest BCUT2D eigenvalue weighted by molar-refractivity contribution is 7.99. The summed E-state index contributed by atoms with van der Waals surface area (Å²) in [6, 6.07) is 11.5. The molecule has 0 aliphatic carbocycles. The molecule has 0 aliphatic rings. The molecular formula is C20H32ClN5O3S. The number of nitrogens with one attached hydrogen (secondary N) is 2. The second kappa shape index (κ2) is 13.6. The Balaban J connectivity index is 0.00000450. The van der Waals surface area contributed by atoms with Crippen LogP contribution >= 0.6 is 24.2 Å². The number of halogens is 1. The Bertz CT molecular complexity index is 737. The average Bonchev–Trinajstić information content (AvgIpc) is 2.74. The number of thioether (sulfide) groups is 1. The summed E-state index contributed by atoms with van der Waals surface area (Å²) < 4.78 is 11.0. The van der Waals surface area contributed by atoms with Crippen molar-refractivity contribution >= 4 is 30.0 Å². The normalized spacial score (nSPS) is 12.2. The van der Waals surface area contributed by atoms with Gasteiger partial charge in [0.15, 0.2) is 5.82 Å². The molecule has 0 bridgehead atoms. The molecule has 2 rings (SSSR count). The fraction of sp³-hybridized carbons (Fsp3) is 0.500. The van der Waals surface area contributed by atoms with Gasteiger partial charge in [-0.1, -0.05) is 18.2 Å². The van der Waals surface area contributed by atoms with E-state index in [1.165, 1.54) is 0 Å². The lowest BCUT2D eigenvalue weighted by molar-refractivity contribution is 0.0995. The quantitative estimate of drug-likeness (QED) is 0.204. The molecule has 0 amide bonds. The summed E-state index contributed by atoms with van der Waals surface area (Å²) in [6.07, 6.45) is 0.153. The zero-order valence-electron chi connectivity index (χ0n) is 17.6. The van der Waals surface area contributed by atoms with E-state index in [1.807, 2.05) is 30.3 Å². The third-order valence-corrected chi connectivity index (χ3v) is 5.54. The Hall–Kier alpha value is -1.62. The SMILES string of the molecule is COCCc1ccccc1OCC(O)CNC(C)(C)CSc1ccc(NN)nn1.Cl. The molecule has 2 aromatic rings. The number of methoxy groups -OCH3 is 1. The summed E-state index contributed by atoms with van der Waals surface area (Å²) in [5, 5.41) is 22.6. The van der Waals surface area contributed by atoms with Crippen LogP contribution in [-0.4, -0.2) is 59.6 Å². The second-order valence-corrected chi connectivity index (χ2v) is 8.27.